The SMILES string of the molecule is O=C(Cn1cnnn1)N1CCN(C(=O)c2ccco2)CC1. The van der Waals surface area contributed by atoms with Crippen molar-refractivity contribution in [1.82, 2.24) is 30.0 Å². The van der Waals surface area contributed by atoms with Crippen LogP contribution in [0.25, 0.3) is 0 Å². The zero-order valence-corrected chi connectivity index (χ0v) is 11.3. The monoisotopic (exact) mass is 290 g/mol. The Labute approximate surface area is 120 Å². The first-order chi connectivity index (χ1) is 10.2. The third-order valence-electron chi connectivity index (χ3n) is 3.34. The highest BCUT2D eigenvalue weighted by Crippen LogP contribution is 2.09. The third-order valence-corrected chi connectivity index (χ3v) is 3.34. The number of piperazine rings is 1. The largest absolute Gasteiger partial charge is 0.459 e. The Morgan fingerprint density at radius 2 is 1.95 bits per heavy atom. The Morgan fingerprint density at radius 1 is 1.19 bits per heavy atom. The van der Waals surface area contributed by atoms with Crippen LogP contribution in [0.15, 0.2) is 29.1 Å². The average Bonchev–Trinajstić information content (AvgIpc) is 3.20. The first-order valence-corrected chi connectivity index (χ1v) is 6.55. The molecule has 9 heteroatoms. The standard InChI is InChI=1S/C12H14N6O3/c19-11(8-18-9-13-14-15-18)16-3-5-17(6-4-16)12(20)10-2-1-7-21-10/h1-2,7,9H,3-6,8H2. The number of hydrogen-bond donors (Lipinski definition) is 0. The number of tetrazole rings is 1. The number of hydrogen-bond acceptors (Lipinski definition) is 6. The van der Waals surface area contributed by atoms with Gasteiger partial charge in [-0.05, 0) is 22.6 Å². The molecule has 0 N–H and O–H groups in total. The molecule has 9 nitrogen and oxygen atoms in total. The minimum Gasteiger partial charge on any atom is -0.459 e. The van der Waals surface area contributed by atoms with Gasteiger partial charge in [0.2, 0.25) is 5.91 Å². The van der Waals surface area contributed by atoms with Crippen LogP contribution in [0.2, 0.25) is 0 Å². The summed E-state index contributed by atoms with van der Waals surface area (Å²) >= 11 is 0. The van der Waals surface area contributed by atoms with Gasteiger partial charge in [-0.2, -0.15) is 0 Å². The number of carbonyl (C=O) groups is 2. The lowest BCUT2D eigenvalue weighted by Gasteiger charge is -2.34. The van der Waals surface area contributed by atoms with Gasteiger partial charge in [0.1, 0.15) is 12.9 Å². The molecule has 0 spiro atoms. The van der Waals surface area contributed by atoms with E-state index in [1.54, 1.807) is 21.9 Å². The van der Waals surface area contributed by atoms with Crippen LogP contribution in [0, 0.1) is 0 Å². The van der Waals surface area contributed by atoms with Crippen LogP contribution in [-0.2, 0) is 11.3 Å². The van der Waals surface area contributed by atoms with E-state index in [4.69, 9.17) is 4.42 Å². The molecular formula is C12H14N6O3. The van der Waals surface area contributed by atoms with Crippen molar-refractivity contribution in [3.8, 4) is 0 Å². The van der Waals surface area contributed by atoms with Gasteiger partial charge in [-0.1, -0.05) is 0 Å². The molecule has 0 unspecified atom stereocenters. The Kier molecular flexibility index (Phi) is 3.63. The highest BCUT2D eigenvalue weighted by Gasteiger charge is 2.26. The molecule has 0 radical (unpaired) electrons. The summed E-state index contributed by atoms with van der Waals surface area (Å²) < 4.78 is 6.47. The first-order valence-electron chi connectivity index (χ1n) is 6.55. The molecular weight excluding hydrogens is 276 g/mol. The lowest BCUT2D eigenvalue weighted by atomic mass is 10.3. The second-order valence-corrected chi connectivity index (χ2v) is 4.66. The highest BCUT2D eigenvalue weighted by molar-refractivity contribution is 5.91. The van der Waals surface area contributed by atoms with E-state index in [-0.39, 0.29) is 18.4 Å². The summed E-state index contributed by atoms with van der Waals surface area (Å²) in [6, 6.07) is 3.32. The fourth-order valence-electron chi connectivity index (χ4n) is 2.21. The Morgan fingerprint density at radius 3 is 2.57 bits per heavy atom. The van der Waals surface area contributed by atoms with E-state index < -0.39 is 0 Å². The molecule has 1 aliphatic rings. The number of rotatable bonds is 3. The van der Waals surface area contributed by atoms with Crippen LogP contribution in [-0.4, -0.2) is 68.0 Å². The van der Waals surface area contributed by atoms with Crippen LogP contribution in [0.5, 0.6) is 0 Å². The van der Waals surface area contributed by atoms with Gasteiger partial charge in [0.15, 0.2) is 5.76 Å². The van der Waals surface area contributed by atoms with Gasteiger partial charge in [0.25, 0.3) is 5.91 Å². The Bertz CT molecular complexity index is 601. The van der Waals surface area contributed by atoms with Gasteiger partial charge in [0, 0.05) is 26.2 Å². The minimum absolute atomic E-state index is 0.0626. The van der Waals surface area contributed by atoms with Gasteiger partial charge in [-0.25, -0.2) is 4.68 Å². The molecule has 1 fully saturated rings. The van der Waals surface area contributed by atoms with Crippen LogP contribution in [0.4, 0.5) is 0 Å². The van der Waals surface area contributed by atoms with Crippen molar-refractivity contribution in [1.29, 1.82) is 0 Å². The minimum atomic E-state index is -0.146. The van der Waals surface area contributed by atoms with Crippen molar-refractivity contribution >= 4 is 11.8 Å². The predicted molar refractivity (Wildman–Crippen MR) is 69.0 cm³/mol. The molecule has 0 bridgehead atoms. The molecule has 2 aromatic rings. The summed E-state index contributed by atoms with van der Waals surface area (Å²) in [5.74, 6) is 0.114. The average molecular weight is 290 g/mol. The third kappa shape index (κ3) is 2.91. The molecule has 3 rings (SSSR count). The van der Waals surface area contributed by atoms with Crippen molar-refractivity contribution in [3.05, 3.63) is 30.5 Å². The number of amides is 2. The van der Waals surface area contributed by atoms with Crippen molar-refractivity contribution in [3.63, 3.8) is 0 Å². The van der Waals surface area contributed by atoms with Crippen LogP contribution >= 0.6 is 0 Å². The molecule has 21 heavy (non-hydrogen) atoms. The van der Waals surface area contributed by atoms with E-state index in [9.17, 15) is 9.59 Å². The number of nitrogens with zero attached hydrogens (tertiary/aromatic N) is 6. The lowest BCUT2D eigenvalue weighted by molar-refractivity contribution is -0.133. The molecule has 2 amide bonds. The van der Waals surface area contributed by atoms with Crippen molar-refractivity contribution in [2.75, 3.05) is 26.2 Å². The molecule has 0 saturated carbocycles. The summed E-state index contributed by atoms with van der Waals surface area (Å²) in [7, 11) is 0. The first kappa shape index (κ1) is 13.3. The number of furan rings is 1. The highest BCUT2D eigenvalue weighted by atomic mass is 16.3. The summed E-state index contributed by atoms with van der Waals surface area (Å²) in [6.07, 6.45) is 2.87. The van der Waals surface area contributed by atoms with E-state index in [1.807, 2.05) is 0 Å². The van der Waals surface area contributed by atoms with E-state index in [0.717, 1.165) is 0 Å². The fourth-order valence-corrected chi connectivity index (χ4v) is 2.21. The van der Waals surface area contributed by atoms with Crippen LogP contribution in [0.1, 0.15) is 10.6 Å². The quantitative estimate of drug-likeness (QED) is 0.738. The Balaban J connectivity index is 1.53. The second-order valence-electron chi connectivity index (χ2n) is 4.66. The van der Waals surface area contributed by atoms with Gasteiger partial charge >= 0.3 is 0 Å². The maximum absolute atomic E-state index is 12.1. The summed E-state index contributed by atoms with van der Waals surface area (Å²) in [6.45, 7) is 2.07. The van der Waals surface area contributed by atoms with Gasteiger partial charge in [-0.3, -0.25) is 9.59 Å². The molecule has 0 atom stereocenters. The van der Waals surface area contributed by atoms with Crippen LogP contribution < -0.4 is 0 Å². The second kappa shape index (κ2) is 5.73. The zero-order valence-electron chi connectivity index (χ0n) is 11.3. The maximum atomic E-state index is 12.1. The summed E-state index contributed by atoms with van der Waals surface area (Å²) in [4.78, 5) is 27.5. The van der Waals surface area contributed by atoms with E-state index in [0.29, 0.717) is 31.9 Å². The van der Waals surface area contributed by atoms with Crippen molar-refractivity contribution < 1.29 is 14.0 Å². The number of carbonyl (C=O) groups excluding carboxylic acids is 2. The van der Waals surface area contributed by atoms with Gasteiger partial charge in [-0.15, -0.1) is 5.10 Å². The molecule has 2 aromatic heterocycles. The lowest BCUT2D eigenvalue weighted by Crippen LogP contribution is -2.51. The predicted octanol–water partition coefficient (Wildman–Crippen LogP) is -0.749. The van der Waals surface area contributed by atoms with Crippen molar-refractivity contribution in [2.24, 2.45) is 0 Å². The summed E-state index contributed by atoms with van der Waals surface area (Å²) in [5, 5.41) is 10.6. The molecule has 0 aromatic carbocycles. The molecule has 1 aliphatic heterocycles. The smallest absolute Gasteiger partial charge is 0.289 e. The van der Waals surface area contributed by atoms with Gasteiger partial charge < -0.3 is 14.2 Å². The number of aromatic nitrogens is 4. The zero-order chi connectivity index (χ0) is 14.7. The van der Waals surface area contributed by atoms with Crippen molar-refractivity contribution in [2.45, 2.75) is 6.54 Å². The normalized spacial score (nSPS) is 15.2. The molecule has 3 heterocycles. The Hall–Kier alpha value is -2.71. The maximum Gasteiger partial charge on any atom is 0.289 e. The van der Waals surface area contributed by atoms with Gasteiger partial charge in [0.05, 0.1) is 6.26 Å². The molecule has 110 valence electrons. The van der Waals surface area contributed by atoms with E-state index in [1.165, 1.54) is 17.3 Å². The van der Waals surface area contributed by atoms with E-state index >= 15 is 0 Å². The topological polar surface area (TPSA) is 97.4 Å². The molecule has 1 saturated heterocycles. The summed E-state index contributed by atoms with van der Waals surface area (Å²) in [5.41, 5.74) is 0. The molecule has 0 aliphatic carbocycles. The fraction of sp³-hybridized carbons (Fsp3) is 0.417. The van der Waals surface area contributed by atoms with Crippen LogP contribution in [0.3, 0.4) is 0 Å². The van der Waals surface area contributed by atoms with E-state index in [2.05, 4.69) is 15.5 Å².